The molecule has 3 nitrogen and oxygen atoms in total. The Hall–Kier alpha value is -1.34. The third-order valence-electron chi connectivity index (χ3n) is 1.69. The van der Waals surface area contributed by atoms with Crippen LogP contribution in [0.4, 0.5) is 0 Å². The fraction of sp³-hybridized carbons (Fsp3) is 0.333. The highest BCUT2D eigenvalue weighted by molar-refractivity contribution is 7.14. The molecular weight excluding hydrogens is 186 g/mol. The molecule has 0 aliphatic carbocycles. The Morgan fingerprint density at radius 1 is 1.77 bits per heavy atom. The zero-order chi connectivity index (χ0) is 9.84. The number of carboxylic acid groups (broad SMARTS) is 1. The Balaban J connectivity index is 3.05. The van der Waals surface area contributed by atoms with Gasteiger partial charge >= 0.3 is 5.97 Å². The molecule has 0 aliphatic heterocycles. The van der Waals surface area contributed by atoms with Crippen LogP contribution in [0, 0.1) is 11.3 Å². The third kappa shape index (κ3) is 2.07. The molecular formula is C9H9NO2S. The zero-order valence-electron chi connectivity index (χ0n) is 7.20. The van der Waals surface area contributed by atoms with E-state index in [0.29, 0.717) is 17.7 Å². The maximum absolute atomic E-state index is 10.7. The van der Waals surface area contributed by atoms with Gasteiger partial charge in [-0.1, -0.05) is 6.92 Å². The van der Waals surface area contributed by atoms with Gasteiger partial charge in [0.05, 0.1) is 12.5 Å². The molecule has 0 spiro atoms. The van der Waals surface area contributed by atoms with E-state index in [9.17, 15) is 4.79 Å². The van der Waals surface area contributed by atoms with Crippen LogP contribution in [0.15, 0.2) is 6.07 Å². The lowest BCUT2D eigenvalue weighted by atomic mass is 10.2. The first-order valence-electron chi connectivity index (χ1n) is 3.90. The molecule has 0 bridgehead atoms. The van der Waals surface area contributed by atoms with Crippen LogP contribution in [0.1, 0.15) is 27.0 Å². The summed E-state index contributed by atoms with van der Waals surface area (Å²) in [6.07, 6.45) is 0.995. The number of aryl methyl sites for hydroxylation is 1. The van der Waals surface area contributed by atoms with E-state index in [2.05, 4.69) is 0 Å². The van der Waals surface area contributed by atoms with Gasteiger partial charge in [0.25, 0.3) is 0 Å². The normalized spacial score (nSPS) is 9.54. The van der Waals surface area contributed by atoms with E-state index in [-0.39, 0.29) is 0 Å². The maximum atomic E-state index is 10.7. The summed E-state index contributed by atoms with van der Waals surface area (Å²) in [6.45, 7) is 1.91. The SMILES string of the molecule is CCc1cc(CC#N)sc1C(=O)O. The molecule has 0 saturated heterocycles. The van der Waals surface area contributed by atoms with Crippen molar-refractivity contribution in [2.45, 2.75) is 19.8 Å². The molecule has 0 amide bonds. The van der Waals surface area contributed by atoms with Gasteiger partial charge in [0.15, 0.2) is 0 Å². The molecule has 0 aliphatic rings. The summed E-state index contributed by atoms with van der Waals surface area (Å²) >= 11 is 1.19. The quantitative estimate of drug-likeness (QED) is 0.803. The Labute approximate surface area is 80.2 Å². The van der Waals surface area contributed by atoms with Crippen LogP contribution in [0.3, 0.4) is 0 Å². The van der Waals surface area contributed by atoms with Gasteiger partial charge in [0.1, 0.15) is 4.88 Å². The summed E-state index contributed by atoms with van der Waals surface area (Å²) < 4.78 is 0. The number of thiophene rings is 1. The average molecular weight is 195 g/mol. The summed E-state index contributed by atoms with van der Waals surface area (Å²) in [5.41, 5.74) is 0.822. The molecule has 0 unspecified atom stereocenters. The van der Waals surface area contributed by atoms with Crippen molar-refractivity contribution < 1.29 is 9.90 Å². The largest absolute Gasteiger partial charge is 0.477 e. The Morgan fingerprint density at radius 3 is 2.85 bits per heavy atom. The van der Waals surface area contributed by atoms with Gasteiger partial charge in [-0.25, -0.2) is 4.79 Å². The number of nitriles is 1. The fourth-order valence-corrected chi connectivity index (χ4v) is 2.12. The Bertz CT molecular complexity index is 362. The minimum Gasteiger partial charge on any atom is -0.477 e. The van der Waals surface area contributed by atoms with Crippen molar-refractivity contribution in [1.82, 2.24) is 0 Å². The molecule has 1 aromatic rings. The molecule has 0 saturated carbocycles. The maximum Gasteiger partial charge on any atom is 0.346 e. The number of aromatic carboxylic acids is 1. The van der Waals surface area contributed by atoms with E-state index in [1.54, 1.807) is 6.07 Å². The summed E-state index contributed by atoms with van der Waals surface area (Å²) in [5.74, 6) is -0.897. The summed E-state index contributed by atoms with van der Waals surface area (Å²) in [4.78, 5) is 11.9. The smallest absolute Gasteiger partial charge is 0.346 e. The zero-order valence-corrected chi connectivity index (χ0v) is 8.02. The van der Waals surface area contributed by atoms with Crippen molar-refractivity contribution in [1.29, 1.82) is 5.26 Å². The van der Waals surface area contributed by atoms with E-state index in [4.69, 9.17) is 10.4 Å². The predicted octanol–water partition coefficient (Wildman–Crippen LogP) is 2.07. The first-order chi connectivity index (χ1) is 6.19. The highest BCUT2D eigenvalue weighted by atomic mass is 32.1. The van der Waals surface area contributed by atoms with Gasteiger partial charge in [-0.05, 0) is 18.1 Å². The van der Waals surface area contributed by atoms with Gasteiger partial charge < -0.3 is 5.11 Å². The first kappa shape index (κ1) is 9.75. The van der Waals surface area contributed by atoms with Crippen LogP contribution in [0.25, 0.3) is 0 Å². The second-order valence-electron chi connectivity index (χ2n) is 2.56. The predicted molar refractivity (Wildman–Crippen MR) is 50.0 cm³/mol. The second kappa shape index (κ2) is 4.06. The molecule has 68 valence electrons. The van der Waals surface area contributed by atoms with Crippen LogP contribution in [-0.2, 0) is 12.8 Å². The number of hydrogen-bond acceptors (Lipinski definition) is 3. The van der Waals surface area contributed by atoms with E-state index in [1.807, 2.05) is 13.0 Å². The number of carboxylic acids is 1. The second-order valence-corrected chi connectivity index (χ2v) is 3.70. The standard InChI is InChI=1S/C9H9NO2S/c1-2-6-5-7(3-4-10)13-8(6)9(11)12/h5H,2-3H2,1H3,(H,11,12). The van der Waals surface area contributed by atoms with E-state index in [0.717, 1.165) is 10.4 Å². The van der Waals surface area contributed by atoms with Gasteiger partial charge in [-0.2, -0.15) is 5.26 Å². The molecule has 0 atom stereocenters. The molecule has 0 aromatic carbocycles. The lowest BCUT2D eigenvalue weighted by Gasteiger charge is -1.91. The van der Waals surface area contributed by atoms with Crippen molar-refractivity contribution in [2.24, 2.45) is 0 Å². The van der Waals surface area contributed by atoms with Crippen LogP contribution in [0.5, 0.6) is 0 Å². The van der Waals surface area contributed by atoms with Crippen LogP contribution < -0.4 is 0 Å². The monoisotopic (exact) mass is 195 g/mol. The molecule has 1 heterocycles. The first-order valence-corrected chi connectivity index (χ1v) is 4.72. The number of nitrogens with zero attached hydrogens (tertiary/aromatic N) is 1. The molecule has 1 aromatic heterocycles. The Morgan fingerprint density at radius 2 is 2.46 bits per heavy atom. The number of hydrogen-bond donors (Lipinski definition) is 1. The Kier molecular flexibility index (Phi) is 3.04. The van der Waals surface area contributed by atoms with Crippen LogP contribution in [0.2, 0.25) is 0 Å². The van der Waals surface area contributed by atoms with Crippen molar-refractivity contribution in [3.05, 3.63) is 21.4 Å². The summed E-state index contributed by atoms with van der Waals surface area (Å²) in [6, 6.07) is 3.81. The van der Waals surface area contributed by atoms with Crippen molar-refractivity contribution in [3.63, 3.8) is 0 Å². The highest BCUT2D eigenvalue weighted by Gasteiger charge is 2.13. The minimum absolute atomic E-state index is 0.297. The summed E-state index contributed by atoms with van der Waals surface area (Å²) in [7, 11) is 0. The van der Waals surface area contributed by atoms with Gasteiger partial charge in [0.2, 0.25) is 0 Å². The lowest BCUT2D eigenvalue weighted by Crippen LogP contribution is -1.95. The van der Waals surface area contributed by atoms with Crippen molar-refractivity contribution in [3.8, 4) is 6.07 Å². The molecule has 4 heteroatoms. The molecule has 0 fully saturated rings. The highest BCUT2D eigenvalue weighted by Crippen LogP contribution is 2.23. The average Bonchev–Trinajstić information content (AvgIpc) is 2.48. The van der Waals surface area contributed by atoms with Gasteiger partial charge in [-0.15, -0.1) is 11.3 Å². The number of carbonyl (C=O) groups is 1. The van der Waals surface area contributed by atoms with E-state index >= 15 is 0 Å². The minimum atomic E-state index is -0.897. The van der Waals surface area contributed by atoms with Crippen LogP contribution >= 0.6 is 11.3 Å². The third-order valence-corrected chi connectivity index (χ3v) is 2.85. The van der Waals surface area contributed by atoms with Crippen molar-refractivity contribution in [2.75, 3.05) is 0 Å². The molecule has 13 heavy (non-hydrogen) atoms. The van der Waals surface area contributed by atoms with E-state index < -0.39 is 5.97 Å². The molecule has 1 rings (SSSR count). The lowest BCUT2D eigenvalue weighted by molar-refractivity contribution is 0.0701. The van der Waals surface area contributed by atoms with Gasteiger partial charge in [-0.3, -0.25) is 0 Å². The fourth-order valence-electron chi connectivity index (χ4n) is 1.09. The molecule has 1 N–H and O–H groups in total. The summed E-state index contributed by atoms with van der Waals surface area (Å²) in [5, 5.41) is 17.2. The van der Waals surface area contributed by atoms with Crippen LogP contribution in [-0.4, -0.2) is 11.1 Å². The molecule has 0 radical (unpaired) electrons. The van der Waals surface area contributed by atoms with Crippen molar-refractivity contribution >= 4 is 17.3 Å². The van der Waals surface area contributed by atoms with E-state index in [1.165, 1.54) is 11.3 Å². The topological polar surface area (TPSA) is 61.1 Å². The number of rotatable bonds is 3. The van der Waals surface area contributed by atoms with Gasteiger partial charge in [0, 0.05) is 4.88 Å².